The molecule has 100 valence electrons. The molecule has 0 fully saturated rings. The summed E-state index contributed by atoms with van der Waals surface area (Å²) in [6.45, 7) is 3.56. The van der Waals surface area contributed by atoms with Gasteiger partial charge < -0.3 is 0 Å². The van der Waals surface area contributed by atoms with Crippen LogP contribution in [0.2, 0.25) is 5.02 Å². The highest BCUT2D eigenvalue weighted by atomic mass is 35.5. The van der Waals surface area contributed by atoms with E-state index in [2.05, 4.69) is 5.10 Å². The quantitative estimate of drug-likeness (QED) is 0.627. The highest BCUT2D eigenvalue weighted by molar-refractivity contribution is 6.32. The topological polar surface area (TPSA) is 58.7 Å². The van der Waals surface area contributed by atoms with Gasteiger partial charge in [-0.2, -0.15) is 10.4 Å². The zero-order valence-corrected chi connectivity index (χ0v) is 11.8. The molecule has 0 N–H and O–H groups in total. The average Bonchev–Trinajstić information content (AvgIpc) is 2.76. The standard InChI is InChI=1S/C15H12ClN3O/c1-10-7-11(2)19(18-10)15(20)13(9-17)8-12-5-3-4-6-14(12)16/h3-8H,1-2H3/b13-8+. The van der Waals surface area contributed by atoms with Gasteiger partial charge in [0.1, 0.15) is 11.6 Å². The Balaban J connectivity index is 2.44. The van der Waals surface area contributed by atoms with E-state index in [1.165, 1.54) is 10.8 Å². The summed E-state index contributed by atoms with van der Waals surface area (Å²) in [7, 11) is 0. The number of nitrogens with zero attached hydrogens (tertiary/aromatic N) is 3. The van der Waals surface area contributed by atoms with Crippen molar-refractivity contribution in [3.8, 4) is 6.07 Å². The van der Waals surface area contributed by atoms with E-state index in [0.717, 1.165) is 5.69 Å². The van der Waals surface area contributed by atoms with Crippen molar-refractivity contribution in [1.29, 1.82) is 5.26 Å². The molecule has 0 radical (unpaired) electrons. The molecule has 0 unspecified atom stereocenters. The van der Waals surface area contributed by atoms with E-state index in [1.54, 1.807) is 44.2 Å². The van der Waals surface area contributed by atoms with Crippen LogP contribution < -0.4 is 0 Å². The number of allylic oxidation sites excluding steroid dienone is 1. The Morgan fingerprint density at radius 1 is 1.40 bits per heavy atom. The van der Waals surface area contributed by atoms with Crippen LogP contribution in [0.3, 0.4) is 0 Å². The normalized spacial score (nSPS) is 11.2. The first kappa shape index (κ1) is 14.0. The summed E-state index contributed by atoms with van der Waals surface area (Å²) in [6.07, 6.45) is 1.47. The van der Waals surface area contributed by atoms with Crippen molar-refractivity contribution in [1.82, 2.24) is 9.78 Å². The monoisotopic (exact) mass is 285 g/mol. The van der Waals surface area contributed by atoms with Gasteiger partial charge in [0.15, 0.2) is 0 Å². The van der Waals surface area contributed by atoms with Crippen LogP contribution in [-0.4, -0.2) is 15.7 Å². The van der Waals surface area contributed by atoms with Gasteiger partial charge in [-0.05, 0) is 37.6 Å². The summed E-state index contributed by atoms with van der Waals surface area (Å²) in [6, 6.07) is 10.7. The number of benzene rings is 1. The first-order valence-electron chi connectivity index (χ1n) is 5.97. The van der Waals surface area contributed by atoms with Crippen LogP contribution in [0.4, 0.5) is 0 Å². The minimum atomic E-state index is -0.460. The highest BCUT2D eigenvalue weighted by Gasteiger charge is 2.15. The van der Waals surface area contributed by atoms with Crippen LogP contribution in [-0.2, 0) is 0 Å². The van der Waals surface area contributed by atoms with Crippen molar-refractivity contribution in [3.05, 3.63) is 57.9 Å². The van der Waals surface area contributed by atoms with Gasteiger partial charge in [-0.25, -0.2) is 4.68 Å². The third kappa shape index (κ3) is 2.79. The average molecular weight is 286 g/mol. The molecule has 0 amide bonds. The summed E-state index contributed by atoms with van der Waals surface area (Å²) in [5.41, 5.74) is 2.03. The molecule has 2 rings (SSSR count). The Labute approximate surface area is 121 Å². The van der Waals surface area contributed by atoms with Crippen molar-refractivity contribution in [2.24, 2.45) is 0 Å². The predicted octanol–water partition coefficient (Wildman–Crippen LogP) is 3.40. The van der Waals surface area contributed by atoms with E-state index in [0.29, 0.717) is 16.3 Å². The van der Waals surface area contributed by atoms with Crippen molar-refractivity contribution < 1.29 is 4.79 Å². The van der Waals surface area contributed by atoms with Crippen molar-refractivity contribution in [3.63, 3.8) is 0 Å². The third-order valence-electron chi connectivity index (χ3n) is 2.76. The molecule has 0 aliphatic heterocycles. The number of halogens is 1. The lowest BCUT2D eigenvalue weighted by Crippen LogP contribution is -2.15. The van der Waals surface area contributed by atoms with E-state index in [-0.39, 0.29) is 5.57 Å². The summed E-state index contributed by atoms with van der Waals surface area (Å²) >= 11 is 6.02. The van der Waals surface area contributed by atoms with E-state index >= 15 is 0 Å². The van der Waals surface area contributed by atoms with Crippen molar-refractivity contribution >= 4 is 23.6 Å². The molecule has 2 aromatic rings. The van der Waals surface area contributed by atoms with E-state index in [1.807, 2.05) is 6.07 Å². The Morgan fingerprint density at radius 3 is 2.65 bits per heavy atom. The molecule has 0 aliphatic carbocycles. The predicted molar refractivity (Wildman–Crippen MR) is 77.4 cm³/mol. The molecule has 5 heteroatoms. The summed E-state index contributed by atoms with van der Waals surface area (Å²) in [5, 5.41) is 13.8. The van der Waals surface area contributed by atoms with Gasteiger partial charge in [-0.1, -0.05) is 29.8 Å². The molecule has 1 aromatic carbocycles. The Kier molecular flexibility index (Phi) is 4.02. The number of hydrogen-bond acceptors (Lipinski definition) is 3. The fourth-order valence-electron chi connectivity index (χ4n) is 1.84. The van der Waals surface area contributed by atoms with Gasteiger partial charge in [-0.15, -0.1) is 0 Å². The Morgan fingerprint density at radius 2 is 2.10 bits per heavy atom. The molecule has 20 heavy (non-hydrogen) atoms. The molecule has 0 saturated heterocycles. The van der Waals surface area contributed by atoms with Gasteiger partial charge >= 0.3 is 0 Å². The van der Waals surface area contributed by atoms with Gasteiger partial charge in [0.25, 0.3) is 5.91 Å². The van der Waals surface area contributed by atoms with Gasteiger partial charge in [0.2, 0.25) is 0 Å². The number of rotatable bonds is 2. The van der Waals surface area contributed by atoms with Crippen LogP contribution in [0.15, 0.2) is 35.9 Å². The Bertz CT molecular complexity index is 738. The lowest BCUT2D eigenvalue weighted by atomic mass is 10.1. The maximum atomic E-state index is 12.3. The highest BCUT2D eigenvalue weighted by Crippen LogP contribution is 2.19. The van der Waals surface area contributed by atoms with Crippen molar-refractivity contribution in [2.75, 3.05) is 0 Å². The first-order valence-corrected chi connectivity index (χ1v) is 6.35. The molecule has 1 heterocycles. The van der Waals surface area contributed by atoms with Gasteiger partial charge in [0, 0.05) is 10.7 Å². The smallest absolute Gasteiger partial charge is 0.266 e. The molecule has 0 saturated carbocycles. The third-order valence-corrected chi connectivity index (χ3v) is 3.10. The second-order valence-corrected chi connectivity index (χ2v) is 4.74. The second-order valence-electron chi connectivity index (χ2n) is 4.34. The molecular formula is C15H12ClN3O. The van der Waals surface area contributed by atoms with Gasteiger partial charge in [0.05, 0.1) is 5.69 Å². The van der Waals surface area contributed by atoms with Crippen molar-refractivity contribution in [2.45, 2.75) is 13.8 Å². The zero-order valence-electron chi connectivity index (χ0n) is 11.1. The fraction of sp³-hybridized carbons (Fsp3) is 0.133. The summed E-state index contributed by atoms with van der Waals surface area (Å²) in [5.74, 6) is -0.460. The largest absolute Gasteiger partial charge is 0.289 e. The fourth-order valence-corrected chi connectivity index (χ4v) is 2.03. The van der Waals surface area contributed by atoms with Crippen LogP contribution in [0.1, 0.15) is 21.7 Å². The summed E-state index contributed by atoms with van der Waals surface area (Å²) < 4.78 is 1.22. The number of carbonyl (C=O) groups excluding carboxylic acids is 1. The van der Waals surface area contributed by atoms with Crippen LogP contribution in [0, 0.1) is 25.2 Å². The molecule has 1 aromatic heterocycles. The zero-order chi connectivity index (χ0) is 14.7. The Hall–Kier alpha value is -2.38. The number of aromatic nitrogens is 2. The van der Waals surface area contributed by atoms with Gasteiger partial charge in [-0.3, -0.25) is 4.79 Å². The molecule has 0 atom stereocenters. The molecule has 0 aliphatic rings. The number of carbonyl (C=O) groups is 1. The number of nitriles is 1. The molecule has 0 spiro atoms. The lowest BCUT2D eigenvalue weighted by molar-refractivity contribution is 0.0944. The van der Waals surface area contributed by atoms with E-state index in [9.17, 15) is 10.1 Å². The minimum absolute atomic E-state index is 0.00991. The first-order chi connectivity index (χ1) is 9.52. The molecular weight excluding hydrogens is 274 g/mol. The maximum Gasteiger partial charge on any atom is 0.289 e. The second kappa shape index (κ2) is 5.72. The van der Waals surface area contributed by atoms with E-state index in [4.69, 9.17) is 11.6 Å². The molecule has 4 nitrogen and oxygen atoms in total. The van der Waals surface area contributed by atoms with E-state index < -0.39 is 5.91 Å². The SMILES string of the molecule is Cc1cc(C)n(C(=O)/C(C#N)=C/c2ccccc2Cl)n1. The van der Waals surface area contributed by atoms with Crippen LogP contribution in [0.25, 0.3) is 6.08 Å². The molecule has 0 bridgehead atoms. The maximum absolute atomic E-state index is 12.3. The lowest BCUT2D eigenvalue weighted by Gasteiger charge is -2.02. The number of hydrogen-bond donors (Lipinski definition) is 0. The number of aryl methyl sites for hydroxylation is 2. The van der Waals surface area contributed by atoms with Crippen LogP contribution >= 0.6 is 11.6 Å². The summed E-state index contributed by atoms with van der Waals surface area (Å²) in [4.78, 5) is 12.3. The minimum Gasteiger partial charge on any atom is -0.266 e. The van der Waals surface area contributed by atoms with Crippen LogP contribution in [0.5, 0.6) is 0 Å².